The van der Waals surface area contributed by atoms with E-state index in [-0.39, 0.29) is 11.6 Å². The zero-order valence-corrected chi connectivity index (χ0v) is 20.6. The number of fused-ring (bicyclic) bond motifs is 1. The van der Waals surface area contributed by atoms with E-state index in [2.05, 4.69) is 54.6 Å². The quantitative estimate of drug-likeness (QED) is 0.381. The van der Waals surface area contributed by atoms with E-state index in [1.165, 1.54) is 5.56 Å². The van der Waals surface area contributed by atoms with Crippen LogP contribution in [-0.2, 0) is 17.8 Å². The third-order valence-electron chi connectivity index (χ3n) is 6.71. The van der Waals surface area contributed by atoms with Gasteiger partial charge in [0.25, 0.3) is 5.56 Å². The molecule has 10 heteroatoms. The van der Waals surface area contributed by atoms with E-state index in [4.69, 9.17) is 9.47 Å². The maximum absolute atomic E-state index is 13.4. The summed E-state index contributed by atoms with van der Waals surface area (Å²) in [7, 11) is 3.26. The fourth-order valence-electron chi connectivity index (χ4n) is 4.79. The van der Waals surface area contributed by atoms with Crippen LogP contribution in [0.1, 0.15) is 23.0 Å². The molecule has 3 heterocycles. The molecular weight excluding hydrogens is 458 g/mol. The van der Waals surface area contributed by atoms with Crippen molar-refractivity contribution in [2.24, 2.45) is 0 Å². The zero-order chi connectivity index (χ0) is 24.9. The van der Waals surface area contributed by atoms with Gasteiger partial charge in [-0.1, -0.05) is 30.3 Å². The van der Waals surface area contributed by atoms with E-state index in [0.717, 1.165) is 43.6 Å². The second-order valence-corrected chi connectivity index (χ2v) is 8.96. The molecule has 0 saturated carbocycles. The molecule has 1 saturated heterocycles. The molecule has 0 bridgehead atoms. The van der Waals surface area contributed by atoms with Crippen LogP contribution >= 0.6 is 0 Å². The van der Waals surface area contributed by atoms with Crippen molar-refractivity contribution < 1.29 is 9.47 Å². The number of rotatable bonds is 9. The third kappa shape index (κ3) is 5.15. The number of methoxy groups -OCH3 is 2. The maximum atomic E-state index is 13.4. The molecule has 0 amide bonds. The number of hydrogen-bond donors (Lipinski definition) is 1. The molecule has 36 heavy (non-hydrogen) atoms. The van der Waals surface area contributed by atoms with Crippen molar-refractivity contribution in [1.29, 1.82) is 0 Å². The third-order valence-corrected chi connectivity index (χ3v) is 6.71. The first-order valence-electron chi connectivity index (χ1n) is 12.1. The lowest BCUT2D eigenvalue weighted by molar-refractivity contribution is 0.0984. The predicted molar refractivity (Wildman–Crippen MR) is 136 cm³/mol. The molecule has 0 aliphatic carbocycles. The second-order valence-electron chi connectivity index (χ2n) is 8.96. The first-order chi connectivity index (χ1) is 17.7. The summed E-state index contributed by atoms with van der Waals surface area (Å²) in [4.78, 5) is 21.2. The van der Waals surface area contributed by atoms with Crippen LogP contribution in [0.2, 0.25) is 0 Å². The summed E-state index contributed by atoms with van der Waals surface area (Å²) >= 11 is 0. The highest BCUT2D eigenvalue weighted by Gasteiger charge is 2.32. The molecule has 0 radical (unpaired) electrons. The highest BCUT2D eigenvalue weighted by molar-refractivity contribution is 5.80. The van der Waals surface area contributed by atoms with E-state index >= 15 is 0 Å². The monoisotopic (exact) mass is 489 g/mol. The van der Waals surface area contributed by atoms with Crippen LogP contribution in [0.25, 0.3) is 10.9 Å². The van der Waals surface area contributed by atoms with E-state index < -0.39 is 0 Å². The lowest BCUT2D eigenvalue weighted by Crippen LogP contribution is -2.48. The van der Waals surface area contributed by atoms with Gasteiger partial charge in [-0.05, 0) is 39.6 Å². The highest BCUT2D eigenvalue weighted by atomic mass is 16.5. The molecule has 2 aromatic carbocycles. The van der Waals surface area contributed by atoms with Gasteiger partial charge in [-0.25, -0.2) is 4.68 Å². The molecule has 1 fully saturated rings. The van der Waals surface area contributed by atoms with E-state index in [1.807, 2.05) is 30.3 Å². The van der Waals surface area contributed by atoms with Gasteiger partial charge in [0.2, 0.25) is 0 Å². The topological polar surface area (TPSA) is 101 Å². The smallest absolute Gasteiger partial charge is 0.253 e. The number of benzene rings is 2. The average Bonchev–Trinajstić information content (AvgIpc) is 3.37. The predicted octanol–water partition coefficient (Wildman–Crippen LogP) is 2.08. The molecule has 5 rings (SSSR count). The molecular formula is C26H31N7O3. The standard InChI is InChI=1S/C26H31N7O3/c1-35-15-14-33-25(28-29-30-33)24(22-16-20-8-9-21(36-2)17-23(20)27-26(22)34)32-12-10-31(11-13-32)18-19-6-4-3-5-7-19/h3-9,16-17,24H,10-15,18H2,1-2H3,(H,27,34)/t24-/m0/s1. The van der Waals surface area contributed by atoms with Crippen molar-refractivity contribution in [2.45, 2.75) is 19.1 Å². The van der Waals surface area contributed by atoms with Crippen molar-refractivity contribution in [2.75, 3.05) is 47.0 Å². The number of pyridine rings is 1. The van der Waals surface area contributed by atoms with Crippen LogP contribution in [0.4, 0.5) is 0 Å². The van der Waals surface area contributed by atoms with Crippen LogP contribution in [0.15, 0.2) is 59.4 Å². The normalized spacial score (nSPS) is 15.8. The summed E-state index contributed by atoms with van der Waals surface area (Å²) < 4.78 is 12.3. The summed E-state index contributed by atoms with van der Waals surface area (Å²) in [6, 6.07) is 17.7. The Kier molecular flexibility index (Phi) is 7.36. The number of tetrazole rings is 1. The lowest BCUT2D eigenvalue weighted by Gasteiger charge is -2.38. The van der Waals surface area contributed by atoms with Gasteiger partial charge in [0.15, 0.2) is 5.82 Å². The van der Waals surface area contributed by atoms with Gasteiger partial charge in [-0.3, -0.25) is 14.6 Å². The number of nitrogens with zero attached hydrogens (tertiary/aromatic N) is 6. The fourth-order valence-corrected chi connectivity index (χ4v) is 4.79. The van der Waals surface area contributed by atoms with Gasteiger partial charge < -0.3 is 14.5 Å². The molecule has 188 valence electrons. The molecule has 0 unspecified atom stereocenters. The summed E-state index contributed by atoms with van der Waals surface area (Å²) in [5, 5.41) is 13.4. The summed E-state index contributed by atoms with van der Waals surface area (Å²) in [5.41, 5.74) is 2.49. The van der Waals surface area contributed by atoms with Crippen molar-refractivity contribution in [3.05, 3.63) is 81.9 Å². The van der Waals surface area contributed by atoms with Crippen LogP contribution in [-0.4, -0.2) is 82.0 Å². The van der Waals surface area contributed by atoms with Gasteiger partial charge in [-0.15, -0.1) is 5.10 Å². The van der Waals surface area contributed by atoms with Crippen LogP contribution in [0, 0.1) is 0 Å². The van der Waals surface area contributed by atoms with Crippen molar-refractivity contribution in [3.63, 3.8) is 0 Å². The Labute approximate surface area is 209 Å². The number of H-pyrrole nitrogens is 1. The largest absolute Gasteiger partial charge is 0.497 e. The van der Waals surface area contributed by atoms with Gasteiger partial charge in [-0.2, -0.15) is 0 Å². The number of ether oxygens (including phenoxy) is 2. The van der Waals surface area contributed by atoms with E-state index in [0.29, 0.717) is 30.3 Å². The SMILES string of the molecule is COCCn1nnnc1[C@H](c1cc2ccc(OC)cc2[nH]c1=O)N1CCN(Cc2ccccc2)CC1. The Morgan fingerprint density at radius 2 is 1.83 bits per heavy atom. The molecule has 4 aromatic rings. The molecule has 1 N–H and O–H groups in total. The fraction of sp³-hybridized carbons (Fsp3) is 0.385. The second kappa shape index (κ2) is 11.0. The Bertz CT molecular complexity index is 1350. The van der Waals surface area contributed by atoms with Gasteiger partial charge in [0, 0.05) is 51.5 Å². The molecule has 10 nitrogen and oxygen atoms in total. The number of piperazine rings is 1. The van der Waals surface area contributed by atoms with E-state index in [1.54, 1.807) is 18.9 Å². The molecule has 0 spiro atoms. The first kappa shape index (κ1) is 24.1. The molecule has 2 aromatic heterocycles. The first-order valence-corrected chi connectivity index (χ1v) is 12.1. The summed E-state index contributed by atoms with van der Waals surface area (Å²) in [5.74, 6) is 1.34. The van der Waals surface area contributed by atoms with Gasteiger partial charge >= 0.3 is 0 Å². The number of nitrogens with one attached hydrogen (secondary N) is 1. The average molecular weight is 490 g/mol. The summed E-state index contributed by atoms with van der Waals surface area (Å²) in [6.07, 6.45) is 0. The number of aromatic nitrogens is 5. The molecule has 1 aliphatic heterocycles. The Morgan fingerprint density at radius 1 is 1.03 bits per heavy atom. The molecule has 1 atom stereocenters. The molecule has 1 aliphatic rings. The minimum atomic E-state index is -0.383. The number of hydrogen-bond acceptors (Lipinski definition) is 8. The highest BCUT2D eigenvalue weighted by Crippen LogP contribution is 2.29. The maximum Gasteiger partial charge on any atom is 0.253 e. The Hall–Kier alpha value is -3.60. The van der Waals surface area contributed by atoms with Gasteiger partial charge in [0.05, 0.1) is 25.8 Å². The van der Waals surface area contributed by atoms with Crippen LogP contribution in [0.5, 0.6) is 5.75 Å². The summed E-state index contributed by atoms with van der Waals surface area (Å²) in [6.45, 7) is 5.23. The Morgan fingerprint density at radius 3 is 2.58 bits per heavy atom. The minimum Gasteiger partial charge on any atom is -0.497 e. The minimum absolute atomic E-state index is 0.159. The van der Waals surface area contributed by atoms with Crippen LogP contribution < -0.4 is 10.3 Å². The zero-order valence-electron chi connectivity index (χ0n) is 20.6. The lowest BCUT2D eigenvalue weighted by atomic mass is 10.0. The van der Waals surface area contributed by atoms with Gasteiger partial charge in [0.1, 0.15) is 11.8 Å². The Balaban J connectivity index is 1.47. The van der Waals surface area contributed by atoms with Crippen LogP contribution in [0.3, 0.4) is 0 Å². The number of aromatic amines is 1. The van der Waals surface area contributed by atoms with Crippen molar-refractivity contribution >= 4 is 10.9 Å². The van der Waals surface area contributed by atoms with E-state index in [9.17, 15) is 4.79 Å². The van der Waals surface area contributed by atoms with Crippen molar-refractivity contribution in [3.8, 4) is 5.75 Å². The van der Waals surface area contributed by atoms with Crippen molar-refractivity contribution in [1.82, 2.24) is 35.0 Å².